The van der Waals surface area contributed by atoms with Gasteiger partial charge in [-0.3, -0.25) is 14.8 Å². The van der Waals surface area contributed by atoms with Gasteiger partial charge in [-0.2, -0.15) is 0 Å². The van der Waals surface area contributed by atoms with Gasteiger partial charge in [-0.05, 0) is 42.0 Å². The number of nitrogens with zero attached hydrogens (tertiary/aromatic N) is 3. The van der Waals surface area contributed by atoms with Crippen LogP contribution in [0.25, 0.3) is 22.4 Å². The molecule has 8 heteroatoms. The van der Waals surface area contributed by atoms with E-state index in [2.05, 4.69) is 19.9 Å². The van der Waals surface area contributed by atoms with Gasteiger partial charge >= 0.3 is 0 Å². The van der Waals surface area contributed by atoms with Crippen molar-refractivity contribution in [3.05, 3.63) is 94.8 Å². The summed E-state index contributed by atoms with van der Waals surface area (Å²) < 4.78 is 11.7. The van der Waals surface area contributed by atoms with Gasteiger partial charge in [-0.15, -0.1) is 0 Å². The number of fused-ring (bicyclic) bond motifs is 4. The molecule has 32 heavy (non-hydrogen) atoms. The molecule has 1 spiro atoms. The summed E-state index contributed by atoms with van der Waals surface area (Å²) in [5.41, 5.74) is 9.26. The molecule has 3 N–H and O–H groups in total. The first-order valence-corrected chi connectivity index (χ1v) is 10.0. The third-order valence-corrected chi connectivity index (χ3v) is 5.77. The molecule has 2 aliphatic rings. The lowest BCUT2D eigenvalue weighted by molar-refractivity contribution is 0.264. The second kappa shape index (κ2) is 6.78. The maximum atomic E-state index is 13.0. The number of amidine groups is 1. The molecular formula is C24H17N5O3. The highest BCUT2D eigenvalue weighted by Gasteiger charge is 2.48. The normalized spacial score (nSPS) is 18.3. The van der Waals surface area contributed by atoms with Crippen LogP contribution in [-0.2, 0) is 10.3 Å². The molecule has 156 valence electrons. The van der Waals surface area contributed by atoms with Crippen LogP contribution >= 0.6 is 0 Å². The van der Waals surface area contributed by atoms with E-state index in [1.54, 1.807) is 24.8 Å². The SMILES string of the molecule is NC1=N[C@@]2(CO1)c1cc(-c3cccnc3)ccc1Oc1c2cc(-c2cccnc2)[nH]c1=O. The highest BCUT2D eigenvalue weighted by molar-refractivity contribution is 5.78. The van der Waals surface area contributed by atoms with Gasteiger partial charge in [0.2, 0.25) is 0 Å². The summed E-state index contributed by atoms with van der Waals surface area (Å²) in [5.74, 6) is 0.716. The van der Waals surface area contributed by atoms with Crippen molar-refractivity contribution in [2.24, 2.45) is 10.7 Å². The Morgan fingerprint density at radius 2 is 1.72 bits per heavy atom. The Morgan fingerprint density at radius 1 is 0.938 bits per heavy atom. The van der Waals surface area contributed by atoms with Crippen molar-refractivity contribution >= 4 is 6.02 Å². The molecule has 0 fully saturated rings. The van der Waals surface area contributed by atoms with E-state index < -0.39 is 5.54 Å². The average Bonchev–Trinajstić information content (AvgIpc) is 3.23. The number of aromatic nitrogens is 3. The number of ether oxygens (including phenoxy) is 2. The smallest absolute Gasteiger partial charge is 0.291 e. The number of nitrogens with one attached hydrogen (secondary N) is 1. The van der Waals surface area contributed by atoms with E-state index in [-0.39, 0.29) is 23.9 Å². The summed E-state index contributed by atoms with van der Waals surface area (Å²) in [4.78, 5) is 29.0. The number of benzene rings is 1. The Labute approximate surface area is 182 Å². The fourth-order valence-electron chi connectivity index (χ4n) is 4.25. The number of hydrogen-bond donors (Lipinski definition) is 2. The van der Waals surface area contributed by atoms with E-state index in [4.69, 9.17) is 15.2 Å². The van der Waals surface area contributed by atoms with E-state index in [9.17, 15) is 4.79 Å². The van der Waals surface area contributed by atoms with Crippen LogP contribution in [0.2, 0.25) is 0 Å². The van der Waals surface area contributed by atoms with Crippen LogP contribution in [0.3, 0.4) is 0 Å². The fraction of sp³-hybridized carbons (Fsp3) is 0.0833. The number of aromatic amines is 1. The van der Waals surface area contributed by atoms with Crippen LogP contribution < -0.4 is 16.0 Å². The minimum Gasteiger partial charge on any atom is -0.462 e. The molecule has 6 rings (SSSR count). The van der Waals surface area contributed by atoms with Crippen molar-refractivity contribution in [3.63, 3.8) is 0 Å². The summed E-state index contributed by atoms with van der Waals surface area (Å²) in [7, 11) is 0. The van der Waals surface area contributed by atoms with E-state index in [0.717, 1.165) is 22.3 Å². The molecule has 0 saturated heterocycles. The fourth-order valence-corrected chi connectivity index (χ4v) is 4.25. The Morgan fingerprint density at radius 3 is 2.41 bits per heavy atom. The van der Waals surface area contributed by atoms with E-state index in [0.29, 0.717) is 17.0 Å². The summed E-state index contributed by atoms with van der Waals surface area (Å²) in [6.45, 7) is 0.161. The molecule has 3 aromatic heterocycles. The van der Waals surface area contributed by atoms with Crippen molar-refractivity contribution < 1.29 is 9.47 Å². The minimum atomic E-state index is -1.00. The van der Waals surface area contributed by atoms with Crippen LogP contribution in [0.15, 0.2) is 83.1 Å². The minimum absolute atomic E-state index is 0.0683. The van der Waals surface area contributed by atoms with Crippen molar-refractivity contribution in [3.8, 4) is 33.9 Å². The quantitative estimate of drug-likeness (QED) is 0.512. The van der Waals surface area contributed by atoms with Gasteiger partial charge < -0.3 is 20.2 Å². The van der Waals surface area contributed by atoms with Crippen molar-refractivity contribution in [1.29, 1.82) is 0 Å². The molecule has 1 aromatic carbocycles. The number of nitrogens with two attached hydrogens (primary N) is 1. The van der Waals surface area contributed by atoms with Gasteiger partial charge in [0.1, 0.15) is 12.4 Å². The maximum Gasteiger partial charge on any atom is 0.291 e. The van der Waals surface area contributed by atoms with Gasteiger partial charge in [-0.25, -0.2) is 4.99 Å². The van der Waals surface area contributed by atoms with Gasteiger partial charge in [0.15, 0.2) is 11.3 Å². The Hall–Kier alpha value is -4.46. The van der Waals surface area contributed by atoms with Gasteiger partial charge in [0.05, 0.1) is 5.69 Å². The zero-order valence-electron chi connectivity index (χ0n) is 16.8. The standard InChI is InChI=1S/C24H17N5O3/c25-23-29-24(13-31-23)17-9-14(15-3-1-7-26-11-15)5-6-20(17)32-21-18(24)10-19(28-22(21)30)16-4-2-8-27-12-16/h1-12H,13H2,(H2,25,29)(H,28,30)/t24-/m0/s1. The molecule has 4 aromatic rings. The molecule has 1 atom stereocenters. The van der Waals surface area contributed by atoms with Crippen molar-refractivity contribution in [1.82, 2.24) is 15.0 Å². The topological polar surface area (TPSA) is 115 Å². The first-order valence-electron chi connectivity index (χ1n) is 10.0. The first kappa shape index (κ1) is 18.3. The molecule has 0 unspecified atom stereocenters. The van der Waals surface area contributed by atoms with Crippen LogP contribution in [0.5, 0.6) is 11.5 Å². The first-order chi connectivity index (χ1) is 15.6. The van der Waals surface area contributed by atoms with E-state index in [1.807, 2.05) is 48.5 Å². The summed E-state index contributed by atoms with van der Waals surface area (Å²) in [6, 6.07) is 15.2. The third kappa shape index (κ3) is 2.70. The molecule has 8 nitrogen and oxygen atoms in total. The van der Waals surface area contributed by atoms with Crippen molar-refractivity contribution in [2.75, 3.05) is 6.61 Å². The molecule has 0 amide bonds. The van der Waals surface area contributed by atoms with Crippen molar-refractivity contribution in [2.45, 2.75) is 5.54 Å². The Bertz CT molecular complexity index is 1430. The lowest BCUT2D eigenvalue weighted by Crippen LogP contribution is -2.34. The lowest BCUT2D eigenvalue weighted by atomic mass is 9.80. The molecule has 5 heterocycles. The predicted molar refractivity (Wildman–Crippen MR) is 118 cm³/mol. The number of hydrogen-bond acceptors (Lipinski definition) is 7. The number of rotatable bonds is 2. The molecule has 2 aliphatic heterocycles. The van der Waals surface area contributed by atoms with Crippen LogP contribution in [0.1, 0.15) is 11.1 Å². The molecule has 0 aliphatic carbocycles. The zero-order chi connectivity index (χ0) is 21.7. The largest absolute Gasteiger partial charge is 0.462 e. The van der Waals surface area contributed by atoms with Crippen LogP contribution in [-0.4, -0.2) is 27.6 Å². The lowest BCUT2D eigenvalue weighted by Gasteiger charge is -2.33. The summed E-state index contributed by atoms with van der Waals surface area (Å²) in [6.07, 6.45) is 6.88. The summed E-state index contributed by atoms with van der Waals surface area (Å²) >= 11 is 0. The average molecular weight is 423 g/mol. The molecule has 0 saturated carbocycles. The second-order valence-electron chi connectivity index (χ2n) is 7.65. The number of H-pyrrole nitrogens is 1. The Balaban J connectivity index is 1.60. The number of aliphatic imine (C=N–C) groups is 1. The van der Waals surface area contributed by atoms with E-state index >= 15 is 0 Å². The third-order valence-electron chi connectivity index (χ3n) is 5.77. The molecular weight excluding hydrogens is 406 g/mol. The number of pyridine rings is 3. The monoisotopic (exact) mass is 423 g/mol. The van der Waals surface area contributed by atoms with Crippen LogP contribution in [0, 0.1) is 0 Å². The molecule has 0 bridgehead atoms. The van der Waals surface area contributed by atoms with Gasteiger partial charge in [0, 0.05) is 47.0 Å². The van der Waals surface area contributed by atoms with Gasteiger partial charge in [-0.1, -0.05) is 12.1 Å². The highest BCUT2D eigenvalue weighted by Crippen LogP contribution is 2.51. The second-order valence-corrected chi connectivity index (χ2v) is 7.65. The van der Waals surface area contributed by atoms with Crippen LogP contribution in [0.4, 0.5) is 0 Å². The Kier molecular flexibility index (Phi) is 3.88. The summed E-state index contributed by atoms with van der Waals surface area (Å²) in [5, 5.41) is 0. The zero-order valence-corrected chi connectivity index (χ0v) is 16.8. The van der Waals surface area contributed by atoms with Gasteiger partial charge in [0.25, 0.3) is 11.6 Å². The predicted octanol–water partition coefficient (Wildman–Crippen LogP) is 3.19. The van der Waals surface area contributed by atoms with E-state index in [1.165, 1.54) is 0 Å². The maximum absolute atomic E-state index is 13.0. The highest BCUT2D eigenvalue weighted by atomic mass is 16.5. The molecule has 0 radical (unpaired) electrons.